The summed E-state index contributed by atoms with van der Waals surface area (Å²) in [6.07, 6.45) is 0.829. The van der Waals surface area contributed by atoms with Crippen molar-refractivity contribution in [3.63, 3.8) is 0 Å². The van der Waals surface area contributed by atoms with Gasteiger partial charge in [0.1, 0.15) is 5.75 Å². The van der Waals surface area contributed by atoms with Gasteiger partial charge in [0.05, 0.1) is 18.0 Å². The molecule has 26 heavy (non-hydrogen) atoms. The first-order chi connectivity index (χ1) is 12.5. The molecule has 0 spiro atoms. The Morgan fingerprint density at radius 1 is 1.15 bits per heavy atom. The van der Waals surface area contributed by atoms with E-state index in [1.54, 1.807) is 18.7 Å². The predicted octanol–water partition coefficient (Wildman–Crippen LogP) is 2.66. The molecule has 0 aliphatic carbocycles. The summed E-state index contributed by atoms with van der Waals surface area (Å²) in [5.41, 5.74) is 2.86. The highest BCUT2D eigenvalue weighted by Gasteiger charge is 2.09. The standard InChI is InChI=1S/C20H24N4O2/c1-23(2)15-7-10-17-18(13-15)22-20(24(3)19(17)25)21-12-11-14-5-8-16(26-4)9-6-14/h5-10,13H,11-12H2,1-4H3,(H,21,22). The van der Waals surface area contributed by atoms with Crippen LogP contribution in [0.15, 0.2) is 47.3 Å². The van der Waals surface area contributed by atoms with Crippen molar-refractivity contribution in [2.24, 2.45) is 7.05 Å². The van der Waals surface area contributed by atoms with E-state index in [0.29, 0.717) is 23.4 Å². The predicted molar refractivity (Wildman–Crippen MR) is 106 cm³/mol. The second kappa shape index (κ2) is 7.47. The molecule has 0 aliphatic rings. The number of benzene rings is 2. The number of hydrogen-bond acceptors (Lipinski definition) is 5. The van der Waals surface area contributed by atoms with E-state index >= 15 is 0 Å². The molecule has 6 nitrogen and oxygen atoms in total. The number of nitrogens with zero attached hydrogens (tertiary/aromatic N) is 3. The molecule has 2 aromatic carbocycles. The normalized spacial score (nSPS) is 10.8. The van der Waals surface area contributed by atoms with Crippen LogP contribution in [0.4, 0.5) is 11.6 Å². The van der Waals surface area contributed by atoms with Gasteiger partial charge < -0.3 is 15.0 Å². The maximum Gasteiger partial charge on any atom is 0.262 e. The van der Waals surface area contributed by atoms with E-state index in [9.17, 15) is 4.79 Å². The third-order valence-electron chi connectivity index (χ3n) is 4.43. The van der Waals surface area contributed by atoms with Crippen molar-refractivity contribution in [2.75, 3.05) is 38.0 Å². The minimum atomic E-state index is -0.0488. The van der Waals surface area contributed by atoms with Gasteiger partial charge >= 0.3 is 0 Å². The van der Waals surface area contributed by atoms with Crippen molar-refractivity contribution in [2.45, 2.75) is 6.42 Å². The summed E-state index contributed by atoms with van der Waals surface area (Å²) in [5.74, 6) is 1.42. The summed E-state index contributed by atoms with van der Waals surface area (Å²) >= 11 is 0. The van der Waals surface area contributed by atoms with Crippen LogP contribution in [0.25, 0.3) is 10.9 Å². The lowest BCUT2D eigenvalue weighted by molar-refractivity contribution is 0.414. The molecule has 0 amide bonds. The Labute approximate surface area is 153 Å². The SMILES string of the molecule is COc1ccc(CCNc2nc3cc(N(C)C)ccc3c(=O)n2C)cc1. The fourth-order valence-corrected chi connectivity index (χ4v) is 2.81. The van der Waals surface area contributed by atoms with Gasteiger partial charge in [0, 0.05) is 33.4 Å². The van der Waals surface area contributed by atoms with Crippen molar-refractivity contribution in [3.8, 4) is 5.75 Å². The van der Waals surface area contributed by atoms with Gasteiger partial charge in [-0.3, -0.25) is 9.36 Å². The van der Waals surface area contributed by atoms with Crippen LogP contribution in [0.1, 0.15) is 5.56 Å². The van der Waals surface area contributed by atoms with Gasteiger partial charge in [0.25, 0.3) is 5.56 Å². The summed E-state index contributed by atoms with van der Waals surface area (Å²) in [4.78, 5) is 19.2. The van der Waals surface area contributed by atoms with Crippen LogP contribution in [0.3, 0.4) is 0 Å². The van der Waals surface area contributed by atoms with Crippen molar-refractivity contribution in [1.82, 2.24) is 9.55 Å². The summed E-state index contributed by atoms with van der Waals surface area (Å²) < 4.78 is 6.73. The molecule has 136 valence electrons. The zero-order valence-corrected chi connectivity index (χ0v) is 15.6. The van der Waals surface area contributed by atoms with Crippen molar-refractivity contribution in [1.29, 1.82) is 0 Å². The molecule has 6 heteroatoms. The van der Waals surface area contributed by atoms with Crippen molar-refractivity contribution >= 4 is 22.5 Å². The van der Waals surface area contributed by atoms with E-state index in [0.717, 1.165) is 17.9 Å². The number of hydrogen-bond donors (Lipinski definition) is 1. The van der Waals surface area contributed by atoms with Gasteiger partial charge in [-0.25, -0.2) is 4.98 Å². The number of methoxy groups -OCH3 is 1. The lowest BCUT2D eigenvalue weighted by Gasteiger charge is -2.15. The monoisotopic (exact) mass is 352 g/mol. The van der Waals surface area contributed by atoms with E-state index < -0.39 is 0 Å². The van der Waals surface area contributed by atoms with E-state index in [2.05, 4.69) is 10.3 Å². The molecular formula is C20H24N4O2. The summed E-state index contributed by atoms with van der Waals surface area (Å²) in [5, 5.41) is 3.90. The maximum absolute atomic E-state index is 12.6. The Morgan fingerprint density at radius 3 is 2.54 bits per heavy atom. The highest BCUT2D eigenvalue weighted by atomic mass is 16.5. The van der Waals surface area contributed by atoms with Crippen LogP contribution in [-0.2, 0) is 13.5 Å². The van der Waals surface area contributed by atoms with Gasteiger partial charge in [-0.2, -0.15) is 0 Å². The Bertz CT molecular complexity index is 962. The molecule has 1 N–H and O–H groups in total. The molecule has 0 radical (unpaired) electrons. The number of fused-ring (bicyclic) bond motifs is 1. The Balaban J connectivity index is 1.80. The quantitative estimate of drug-likeness (QED) is 0.739. The first-order valence-corrected chi connectivity index (χ1v) is 8.54. The third kappa shape index (κ3) is 3.64. The van der Waals surface area contributed by atoms with Crippen molar-refractivity contribution in [3.05, 3.63) is 58.4 Å². The zero-order chi connectivity index (χ0) is 18.7. The Kier molecular flexibility index (Phi) is 5.11. The maximum atomic E-state index is 12.6. The molecule has 3 aromatic rings. The lowest BCUT2D eigenvalue weighted by Crippen LogP contribution is -2.23. The molecule has 0 fully saturated rings. The van der Waals surface area contributed by atoms with Gasteiger partial charge in [0.2, 0.25) is 5.95 Å². The topological polar surface area (TPSA) is 59.4 Å². The highest BCUT2D eigenvalue weighted by Crippen LogP contribution is 2.18. The molecule has 0 unspecified atom stereocenters. The summed E-state index contributed by atoms with van der Waals surface area (Å²) in [6, 6.07) is 13.7. The number of anilines is 2. The number of aromatic nitrogens is 2. The molecule has 0 aliphatic heterocycles. The summed E-state index contributed by atoms with van der Waals surface area (Å²) in [7, 11) is 7.33. The molecule has 0 saturated heterocycles. The van der Waals surface area contributed by atoms with E-state index in [1.807, 2.05) is 61.5 Å². The Hall–Kier alpha value is -3.02. The average molecular weight is 352 g/mol. The minimum Gasteiger partial charge on any atom is -0.497 e. The highest BCUT2D eigenvalue weighted by molar-refractivity contribution is 5.82. The van der Waals surface area contributed by atoms with E-state index in [1.165, 1.54) is 5.56 Å². The second-order valence-electron chi connectivity index (χ2n) is 6.42. The fourth-order valence-electron chi connectivity index (χ4n) is 2.81. The first-order valence-electron chi connectivity index (χ1n) is 8.54. The van der Waals surface area contributed by atoms with Crippen molar-refractivity contribution < 1.29 is 4.74 Å². The lowest BCUT2D eigenvalue weighted by atomic mass is 10.1. The number of nitrogens with one attached hydrogen (secondary N) is 1. The van der Waals surface area contributed by atoms with Crippen LogP contribution in [-0.4, -0.2) is 37.3 Å². The van der Waals surface area contributed by atoms with Gasteiger partial charge in [0.15, 0.2) is 0 Å². The van der Waals surface area contributed by atoms with Crippen LogP contribution >= 0.6 is 0 Å². The van der Waals surface area contributed by atoms with Gasteiger partial charge in [-0.05, 0) is 42.3 Å². The minimum absolute atomic E-state index is 0.0488. The molecule has 1 heterocycles. The molecular weight excluding hydrogens is 328 g/mol. The average Bonchev–Trinajstić information content (AvgIpc) is 2.65. The molecule has 3 rings (SSSR count). The summed E-state index contributed by atoms with van der Waals surface area (Å²) in [6.45, 7) is 0.686. The van der Waals surface area contributed by atoms with Crippen LogP contribution < -0.4 is 20.5 Å². The van der Waals surface area contributed by atoms with E-state index in [4.69, 9.17) is 4.74 Å². The van der Waals surface area contributed by atoms with Gasteiger partial charge in [-0.1, -0.05) is 12.1 Å². The molecule has 0 atom stereocenters. The Morgan fingerprint density at radius 2 is 1.88 bits per heavy atom. The third-order valence-corrected chi connectivity index (χ3v) is 4.43. The largest absolute Gasteiger partial charge is 0.497 e. The smallest absolute Gasteiger partial charge is 0.262 e. The van der Waals surface area contributed by atoms with Crippen LogP contribution in [0, 0.1) is 0 Å². The zero-order valence-electron chi connectivity index (χ0n) is 15.6. The van der Waals surface area contributed by atoms with Crippen LogP contribution in [0.2, 0.25) is 0 Å². The van der Waals surface area contributed by atoms with Crippen LogP contribution in [0.5, 0.6) is 5.75 Å². The first kappa shape index (κ1) is 17.8. The number of ether oxygens (including phenoxy) is 1. The fraction of sp³-hybridized carbons (Fsp3) is 0.300. The molecule has 1 aromatic heterocycles. The molecule has 0 bridgehead atoms. The van der Waals surface area contributed by atoms with Gasteiger partial charge in [-0.15, -0.1) is 0 Å². The van der Waals surface area contributed by atoms with E-state index in [-0.39, 0.29) is 5.56 Å². The second-order valence-corrected chi connectivity index (χ2v) is 6.42. The number of rotatable bonds is 6. The molecule has 0 saturated carbocycles.